The lowest BCUT2D eigenvalue weighted by molar-refractivity contribution is 0.477. The molecule has 2 rings (SSSR count). The van der Waals surface area contributed by atoms with Crippen molar-refractivity contribution < 1.29 is 0 Å². The molecule has 92 valence electrons. The lowest BCUT2D eigenvalue weighted by Gasteiger charge is -2.23. The number of nitrogens with zero attached hydrogens (tertiary/aromatic N) is 2. The second kappa shape index (κ2) is 7.65. The fraction of sp³-hybridized carbons (Fsp3) is 0.600. The number of rotatable bonds is 2. The Kier molecular flexibility index (Phi) is 7.38. The summed E-state index contributed by atoms with van der Waals surface area (Å²) in [6.45, 7) is 4.17. The monoisotopic (exact) mass is 264 g/mol. The van der Waals surface area contributed by atoms with Crippen LogP contribution in [0.25, 0.3) is 0 Å². The largest absolute Gasteiger partial charge is 0.351 e. The highest BCUT2D eigenvalue weighted by atomic mass is 35.5. The maximum Gasteiger partial charge on any atom is 0.222 e. The molecule has 0 aliphatic carbocycles. The van der Waals surface area contributed by atoms with Gasteiger partial charge in [-0.15, -0.1) is 24.8 Å². The first-order chi connectivity index (χ1) is 6.84. The molecule has 0 aromatic carbocycles. The van der Waals surface area contributed by atoms with E-state index in [4.69, 9.17) is 0 Å². The second-order valence-electron chi connectivity index (χ2n) is 3.75. The average molecular weight is 265 g/mol. The Morgan fingerprint density at radius 2 is 1.75 bits per heavy atom. The summed E-state index contributed by atoms with van der Waals surface area (Å²) < 4.78 is 0. The topological polar surface area (TPSA) is 49.8 Å². The highest BCUT2D eigenvalue weighted by Gasteiger charge is 2.12. The zero-order valence-electron chi connectivity index (χ0n) is 9.27. The summed E-state index contributed by atoms with van der Waals surface area (Å²) in [5.74, 6) is 0.752. The molecular weight excluding hydrogens is 247 g/mol. The Morgan fingerprint density at radius 3 is 2.31 bits per heavy atom. The molecule has 0 amide bonds. The van der Waals surface area contributed by atoms with Crippen LogP contribution in [-0.4, -0.2) is 29.1 Å². The van der Waals surface area contributed by atoms with E-state index in [9.17, 15) is 0 Å². The van der Waals surface area contributed by atoms with Gasteiger partial charge in [0, 0.05) is 18.4 Å². The number of halogens is 2. The Bertz CT molecular complexity index is 285. The molecule has 1 fully saturated rings. The summed E-state index contributed by atoms with van der Waals surface area (Å²) in [5, 5.41) is 6.67. The van der Waals surface area contributed by atoms with Gasteiger partial charge in [-0.2, -0.15) is 0 Å². The van der Waals surface area contributed by atoms with Gasteiger partial charge in [-0.05, 0) is 38.4 Å². The number of aromatic nitrogens is 2. The molecule has 16 heavy (non-hydrogen) atoms. The van der Waals surface area contributed by atoms with Crippen molar-refractivity contribution in [3.63, 3.8) is 0 Å². The predicted molar refractivity (Wildman–Crippen MR) is 70.8 cm³/mol. The van der Waals surface area contributed by atoms with Crippen LogP contribution in [0.5, 0.6) is 0 Å². The van der Waals surface area contributed by atoms with Crippen LogP contribution in [0.3, 0.4) is 0 Å². The van der Waals surface area contributed by atoms with Crippen LogP contribution in [0.15, 0.2) is 12.4 Å². The van der Waals surface area contributed by atoms with E-state index in [1.807, 2.05) is 19.3 Å². The molecule has 6 heteroatoms. The Hall–Kier alpha value is -0.580. The molecular formula is C10H18Cl2N4. The highest BCUT2D eigenvalue weighted by Crippen LogP contribution is 2.08. The summed E-state index contributed by atoms with van der Waals surface area (Å²) in [6.07, 6.45) is 5.99. The van der Waals surface area contributed by atoms with Crippen LogP contribution in [0.4, 0.5) is 5.95 Å². The standard InChI is InChI=1S/C10H16N4.2ClH/c1-8-6-12-10(13-7-8)14-9-2-4-11-5-3-9;;/h6-7,9,11H,2-5H2,1H3,(H,12,13,14);2*1H. The van der Waals surface area contributed by atoms with E-state index in [1.165, 1.54) is 0 Å². The van der Waals surface area contributed by atoms with Gasteiger partial charge in [0.15, 0.2) is 0 Å². The summed E-state index contributed by atoms with van der Waals surface area (Å²) in [4.78, 5) is 8.46. The molecule has 4 nitrogen and oxygen atoms in total. The number of hydrogen-bond acceptors (Lipinski definition) is 4. The van der Waals surface area contributed by atoms with Gasteiger partial charge >= 0.3 is 0 Å². The van der Waals surface area contributed by atoms with Gasteiger partial charge in [0.2, 0.25) is 5.95 Å². The molecule has 1 aliphatic heterocycles. The van der Waals surface area contributed by atoms with Gasteiger partial charge in [0.05, 0.1) is 0 Å². The number of nitrogens with one attached hydrogen (secondary N) is 2. The van der Waals surface area contributed by atoms with E-state index < -0.39 is 0 Å². The minimum absolute atomic E-state index is 0. The Morgan fingerprint density at radius 1 is 1.19 bits per heavy atom. The molecule has 0 radical (unpaired) electrons. The Labute approximate surface area is 108 Å². The molecule has 0 bridgehead atoms. The molecule has 0 spiro atoms. The molecule has 1 saturated heterocycles. The van der Waals surface area contributed by atoms with Crippen molar-refractivity contribution in [1.82, 2.24) is 15.3 Å². The minimum Gasteiger partial charge on any atom is -0.351 e. The molecule has 0 unspecified atom stereocenters. The lowest BCUT2D eigenvalue weighted by atomic mass is 10.1. The van der Waals surface area contributed by atoms with E-state index in [0.717, 1.165) is 37.4 Å². The molecule has 2 heterocycles. The second-order valence-corrected chi connectivity index (χ2v) is 3.75. The lowest BCUT2D eigenvalue weighted by Crippen LogP contribution is -2.35. The van der Waals surface area contributed by atoms with Crippen LogP contribution in [-0.2, 0) is 0 Å². The number of aryl methyl sites for hydroxylation is 1. The van der Waals surface area contributed by atoms with Gasteiger partial charge < -0.3 is 10.6 Å². The Balaban J connectivity index is 0.00000112. The van der Waals surface area contributed by atoms with E-state index in [-0.39, 0.29) is 24.8 Å². The maximum absolute atomic E-state index is 4.23. The van der Waals surface area contributed by atoms with Gasteiger partial charge in [-0.3, -0.25) is 0 Å². The van der Waals surface area contributed by atoms with Crippen LogP contribution in [0.2, 0.25) is 0 Å². The zero-order valence-corrected chi connectivity index (χ0v) is 10.9. The van der Waals surface area contributed by atoms with Crippen molar-refractivity contribution >= 4 is 30.8 Å². The van der Waals surface area contributed by atoms with Crippen molar-refractivity contribution in [3.05, 3.63) is 18.0 Å². The van der Waals surface area contributed by atoms with E-state index >= 15 is 0 Å². The molecule has 1 aromatic heterocycles. The smallest absolute Gasteiger partial charge is 0.222 e. The van der Waals surface area contributed by atoms with E-state index in [1.54, 1.807) is 0 Å². The first-order valence-electron chi connectivity index (χ1n) is 5.10. The third kappa shape index (κ3) is 4.51. The van der Waals surface area contributed by atoms with Gasteiger partial charge in [-0.25, -0.2) is 9.97 Å². The molecule has 1 aromatic rings. The number of anilines is 1. The summed E-state index contributed by atoms with van der Waals surface area (Å²) in [7, 11) is 0. The van der Waals surface area contributed by atoms with Crippen molar-refractivity contribution in [2.45, 2.75) is 25.8 Å². The van der Waals surface area contributed by atoms with Crippen LogP contribution in [0, 0.1) is 6.92 Å². The van der Waals surface area contributed by atoms with Crippen LogP contribution >= 0.6 is 24.8 Å². The first-order valence-corrected chi connectivity index (χ1v) is 5.10. The summed E-state index contributed by atoms with van der Waals surface area (Å²) >= 11 is 0. The van der Waals surface area contributed by atoms with Crippen LogP contribution < -0.4 is 10.6 Å². The van der Waals surface area contributed by atoms with Crippen molar-refractivity contribution in [1.29, 1.82) is 0 Å². The minimum atomic E-state index is 0. The first kappa shape index (κ1) is 15.4. The summed E-state index contributed by atoms with van der Waals surface area (Å²) in [5.41, 5.74) is 1.10. The third-order valence-electron chi connectivity index (χ3n) is 2.45. The van der Waals surface area contributed by atoms with Gasteiger partial charge in [0.1, 0.15) is 0 Å². The maximum atomic E-state index is 4.23. The fourth-order valence-electron chi connectivity index (χ4n) is 1.62. The van der Waals surface area contributed by atoms with E-state index in [2.05, 4.69) is 20.6 Å². The highest BCUT2D eigenvalue weighted by molar-refractivity contribution is 5.85. The predicted octanol–water partition coefficient (Wildman–Crippen LogP) is 1.79. The molecule has 2 N–H and O–H groups in total. The fourth-order valence-corrected chi connectivity index (χ4v) is 1.62. The van der Waals surface area contributed by atoms with Gasteiger partial charge in [0.25, 0.3) is 0 Å². The van der Waals surface area contributed by atoms with Crippen molar-refractivity contribution in [3.8, 4) is 0 Å². The average Bonchev–Trinajstić information content (AvgIpc) is 2.23. The quantitative estimate of drug-likeness (QED) is 0.856. The van der Waals surface area contributed by atoms with Crippen molar-refractivity contribution in [2.24, 2.45) is 0 Å². The van der Waals surface area contributed by atoms with Crippen molar-refractivity contribution in [2.75, 3.05) is 18.4 Å². The van der Waals surface area contributed by atoms with Gasteiger partial charge in [-0.1, -0.05) is 0 Å². The van der Waals surface area contributed by atoms with Crippen LogP contribution in [0.1, 0.15) is 18.4 Å². The molecule has 1 aliphatic rings. The zero-order chi connectivity index (χ0) is 9.80. The SMILES string of the molecule is Cc1cnc(NC2CCNCC2)nc1.Cl.Cl. The van der Waals surface area contributed by atoms with E-state index in [0.29, 0.717) is 6.04 Å². The third-order valence-corrected chi connectivity index (χ3v) is 2.45. The normalized spacial score (nSPS) is 15.8. The summed E-state index contributed by atoms with van der Waals surface area (Å²) in [6, 6.07) is 0.527. The number of piperidine rings is 1. The molecule has 0 saturated carbocycles. The number of hydrogen-bond donors (Lipinski definition) is 2. The molecule has 0 atom stereocenters.